The third-order valence-electron chi connectivity index (χ3n) is 3.50. The predicted octanol–water partition coefficient (Wildman–Crippen LogP) is 4.15. The molecule has 2 nitrogen and oxygen atoms in total. The second-order valence-electron chi connectivity index (χ2n) is 4.97. The van der Waals surface area contributed by atoms with Crippen LogP contribution < -0.4 is 10.5 Å². The Hall–Kier alpha value is -0.150. The van der Waals surface area contributed by atoms with Crippen molar-refractivity contribution in [2.45, 2.75) is 32.4 Å². The van der Waals surface area contributed by atoms with Gasteiger partial charge in [0.25, 0.3) is 0 Å². The Kier molecular flexibility index (Phi) is 3.52. The average molecular weight is 295 g/mol. The Bertz CT molecular complexity index is 448. The normalized spacial score (nSPS) is 26.5. The molecule has 1 fully saturated rings. The van der Waals surface area contributed by atoms with Crippen LogP contribution >= 0.6 is 34.8 Å². The zero-order valence-electron chi connectivity index (χ0n) is 9.64. The van der Waals surface area contributed by atoms with Crippen LogP contribution in [0.5, 0.6) is 5.75 Å². The number of hydrogen-bond acceptors (Lipinski definition) is 2. The van der Waals surface area contributed by atoms with E-state index in [1.165, 1.54) is 0 Å². The Labute approximate surface area is 116 Å². The second-order valence-corrected chi connectivity index (χ2v) is 6.19. The van der Waals surface area contributed by atoms with Gasteiger partial charge in [-0.05, 0) is 6.07 Å². The molecule has 0 spiro atoms. The van der Waals surface area contributed by atoms with Crippen molar-refractivity contribution in [3.8, 4) is 5.75 Å². The fraction of sp³-hybridized carbons (Fsp3) is 0.500. The van der Waals surface area contributed by atoms with E-state index in [0.29, 0.717) is 20.8 Å². The molecule has 0 aromatic heterocycles. The van der Waals surface area contributed by atoms with Gasteiger partial charge in [-0.3, -0.25) is 0 Å². The summed E-state index contributed by atoms with van der Waals surface area (Å²) in [7, 11) is 0. The summed E-state index contributed by atoms with van der Waals surface area (Å²) >= 11 is 17.8. The molecule has 1 aromatic rings. The third-order valence-corrected chi connectivity index (χ3v) is 4.52. The van der Waals surface area contributed by atoms with E-state index < -0.39 is 0 Å². The Morgan fingerprint density at radius 3 is 2.29 bits per heavy atom. The molecule has 0 radical (unpaired) electrons. The van der Waals surface area contributed by atoms with Crippen molar-refractivity contribution in [1.82, 2.24) is 0 Å². The number of hydrogen-bond donors (Lipinski definition) is 1. The quantitative estimate of drug-likeness (QED) is 0.832. The van der Waals surface area contributed by atoms with Gasteiger partial charge < -0.3 is 10.5 Å². The van der Waals surface area contributed by atoms with Gasteiger partial charge in [-0.1, -0.05) is 48.7 Å². The van der Waals surface area contributed by atoms with Gasteiger partial charge in [0.2, 0.25) is 0 Å². The van der Waals surface area contributed by atoms with Gasteiger partial charge in [0.1, 0.15) is 11.9 Å². The SMILES string of the molecule is CC1(C)C(N)CC1Oc1cc(Cl)c(Cl)cc1Cl. The van der Waals surface area contributed by atoms with E-state index in [1.54, 1.807) is 12.1 Å². The summed E-state index contributed by atoms with van der Waals surface area (Å²) in [6, 6.07) is 3.40. The van der Waals surface area contributed by atoms with Gasteiger partial charge >= 0.3 is 0 Å². The Balaban J connectivity index is 2.18. The van der Waals surface area contributed by atoms with E-state index in [2.05, 4.69) is 13.8 Å². The van der Waals surface area contributed by atoms with Crippen LogP contribution in [0, 0.1) is 5.41 Å². The summed E-state index contributed by atoms with van der Waals surface area (Å²) in [5, 5.41) is 1.33. The highest BCUT2D eigenvalue weighted by molar-refractivity contribution is 6.43. The predicted molar refractivity (Wildman–Crippen MR) is 72.3 cm³/mol. The van der Waals surface area contributed by atoms with Gasteiger partial charge in [0.15, 0.2) is 0 Å². The van der Waals surface area contributed by atoms with E-state index in [9.17, 15) is 0 Å². The molecule has 5 heteroatoms. The van der Waals surface area contributed by atoms with Gasteiger partial charge in [0.05, 0.1) is 15.1 Å². The molecule has 0 bridgehead atoms. The van der Waals surface area contributed by atoms with Gasteiger partial charge in [-0.25, -0.2) is 0 Å². The van der Waals surface area contributed by atoms with Crippen LogP contribution in [-0.2, 0) is 0 Å². The Morgan fingerprint density at radius 1 is 1.18 bits per heavy atom. The van der Waals surface area contributed by atoms with Crippen LogP contribution in [0.25, 0.3) is 0 Å². The first kappa shape index (κ1) is 13.3. The standard InChI is InChI=1S/C12H14Cl3NO/c1-12(2)10(16)5-11(12)17-9-4-7(14)6(13)3-8(9)15/h3-4,10-11H,5,16H2,1-2H3. The topological polar surface area (TPSA) is 35.2 Å². The zero-order chi connectivity index (χ0) is 12.8. The van der Waals surface area contributed by atoms with Crippen LogP contribution in [0.4, 0.5) is 0 Å². The lowest BCUT2D eigenvalue weighted by Gasteiger charge is -2.49. The minimum Gasteiger partial charge on any atom is -0.488 e. The van der Waals surface area contributed by atoms with Crippen molar-refractivity contribution in [2.24, 2.45) is 11.1 Å². The minimum absolute atomic E-state index is 0.0462. The van der Waals surface area contributed by atoms with E-state index >= 15 is 0 Å². The molecule has 0 saturated heterocycles. The lowest BCUT2D eigenvalue weighted by atomic mass is 9.65. The largest absolute Gasteiger partial charge is 0.488 e. The first-order valence-corrected chi connectivity index (χ1v) is 6.52. The maximum Gasteiger partial charge on any atom is 0.139 e. The van der Waals surface area contributed by atoms with Crippen molar-refractivity contribution in [1.29, 1.82) is 0 Å². The number of rotatable bonds is 2. The second kappa shape index (κ2) is 4.51. The molecule has 1 aliphatic rings. The Morgan fingerprint density at radius 2 is 1.76 bits per heavy atom. The number of nitrogens with two attached hydrogens (primary N) is 1. The molecule has 2 N–H and O–H groups in total. The molecule has 0 amide bonds. The van der Waals surface area contributed by atoms with Crippen LogP contribution in [0.2, 0.25) is 15.1 Å². The van der Waals surface area contributed by atoms with Crippen LogP contribution in [0.15, 0.2) is 12.1 Å². The summed E-state index contributed by atoms with van der Waals surface area (Å²) in [6.45, 7) is 4.16. The highest BCUT2D eigenvalue weighted by atomic mass is 35.5. The molecule has 0 aliphatic heterocycles. The van der Waals surface area contributed by atoms with Crippen molar-refractivity contribution >= 4 is 34.8 Å². The number of ether oxygens (including phenoxy) is 1. The summed E-state index contributed by atoms with van der Waals surface area (Å²) < 4.78 is 5.85. The summed E-state index contributed by atoms with van der Waals surface area (Å²) in [5.74, 6) is 0.561. The van der Waals surface area contributed by atoms with Gasteiger partial charge in [-0.15, -0.1) is 0 Å². The van der Waals surface area contributed by atoms with E-state index in [4.69, 9.17) is 45.3 Å². The van der Waals surface area contributed by atoms with Crippen molar-refractivity contribution in [2.75, 3.05) is 0 Å². The number of halogens is 3. The van der Waals surface area contributed by atoms with Crippen LogP contribution in [-0.4, -0.2) is 12.1 Å². The van der Waals surface area contributed by atoms with Crippen molar-refractivity contribution < 1.29 is 4.74 Å². The number of benzene rings is 1. The molecular formula is C12H14Cl3NO. The highest BCUT2D eigenvalue weighted by Crippen LogP contribution is 2.44. The highest BCUT2D eigenvalue weighted by Gasteiger charge is 2.48. The molecule has 1 saturated carbocycles. The first-order chi connectivity index (χ1) is 7.82. The van der Waals surface area contributed by atoms with Crippen LogP contribution in [0.3, 0.4) is 0 Å². The third kappa shape index (κ3) is 2.37. The van der Waals surface area contributed by atoms with Crippen molar-refractivity contribution in [3.63, 3.8) is 0 Å². The summed E-state index contributed by atoms with van der Waals surface area (Å²) in [4.78, 5) is 0. The van der Waals surface area contributed by atoms with Crippen molar-refractivity contribution in [3.05, 3.63) is 27.2 Å². The monoisotopic (exact) mass is 293 g/mol. The van der Waals surface area contributed by atoms with Gasteiger partial charge in [-0.2, -0.15) is 0 Å². The summed E-state index contributed by atoms with van der Waals surface area (Å²) in [5.41, 5.74) is 5.89. The lowest BCUT2D eigenvalue weighted by molar-refractivity contribution is -0.0399. The van der Waals surface area contributed by atoms with Gasteiger partial charge in [0, 0.05) is 23.9 Å². The average Bonchev–Trinajstić information content (AvgIpc) is 2.25. The molecule has 2 unspecified atom stereocenters. The summed E-state index contributed by atoms with van der Waals surface area (Å²) in [6.07, 6.45) is 0.885. The zero-order valence-corrected chi connectivity index (χ0v) is 11.9. The van der Waals surface area contributed by atoms with Crippen LogP contribution in [0.1, 0.15) is 20.3 Å². The molecule has 94 valence electrons. The molecule has 1 aliphatic carbocycles. The maximum absolute atomic E-state index is 6.06. The first-order valence-electron chi connectivity index (χ1n) is 5.39. The maximum atomic E-state index is 6.06. The fourth-order valence-electron chi connectivity index (χ4n) is 1.86. The molecular weight excluding hydrogens is 280 g/mol. The molecule has 0 heterocycles. The van der Waals surface area contributed by atoms with E-state index in [0.717, 1.165) is 6.42 Å². The van der Waals surface area contributed by atoms with E-state index in [-0.39, 0.29) is 17.6 Å². The minimum atomic E-state index is -0.0462. The molecule has 1 aromatic carbocycles. The fourth-order valence-corrected chi connectivity index (χ4v) is 2.45. The lowest BCUT2D eigenvalue weighted by Crippen LogP contribution is -2.60. The van der Waals surface area contributed by atoms with E-state index in [1.807, 2.05) is 0 Å². The molecule has 17 heavy (non-hydrogen) atoms. The smallest absolute Gasteiger partial charge is 0.139 e. The molecule has 2 rings (SSSR count). The molecule has 2 atom stereocenters.